The first-order valence-electron chi connectivity index (χ1n) is 10.7. The summed E-state index contributed by atoms with van der Waals surface area (Å²) in [6.45, 7) is 6.79. The van der Waals surface area contributed by atoms with Crippen molar-refractivity contribution in [3.63, 3.8) is 0 Å². The Morgan fingerprint density at radius 2 is 1.97 bits per heavy atom. The van der Waals surface area contributed by atoms with Crippen molar-refractivity contribution in [1.82, 2.24) is 19.7 Å². The molecular formula is C26H26N4O2. The van der Waals surface area contributed by atoms with E-state index in [4.69, 9.17) is 0 Å². The Labute approximate surface area is 187 Å². The molecule has 1 amide bonds. The minimum atomic E-state index is -0.973. The lowest BCUT2D eigenvalue weighted by molar-refractivity contribution is 0.0761. The van der Waals surface area contributed by atoms with Gasteiger partial charge in [0.2, 0.25) is 0 Å². The molecule has 6 heteroatoms. The number of carbonyl (C=O) groups excluding carboxylic acids is 1. The first-order valence-corrected chi connectivity index (χ1v) is 10.7. The number of benzene rings is 2. The van der Waals surface area contributed by atoms with Crippen molar-refractivity contribution >= 4 is 16.8 Å². The van der Waals surface area contributed by atoms with Crippen LogP contribution in [0.1, 0.15) is 46.6 Å². The van der Waals surface area contributed by atoms with E-state index in [0.29, 0.717) is 18.8 Å². The van der Waals surface area contributed by atoms with Crippen LogP contribution < -0.4 is 0 Å². The van der Waals surface area contributed by atoms with Gasteiger partial charge in [-0.2, -0.15) is 5.10 Å². The maximum Gasteiger partial charge on any atom is 0.273 e. The molecule has 0 atom stereocenters. The highest BCUT2D eigenvalue weighted by atomic mass is 16.3. The first-order chi connectivity index (χ1) is 15.2. The maximum atomic E-state index is 12.7. The summed E-state index contributed by atoms with van der Waals surface area (Å²) < 4.78 is 1.79. The molecule has 0 fully saturated rings. The fraction of sp³-hybridized carbons (Fsp3) is 0.269. The molecule has 2 aromatic carbocycles. The van der Waals surface area contributed by atoms with Crippen LogP contribution in [0.5, 0.6) is 0 Å². The van der Waals surface area contributed by atoms with E-state index >= 15 is 0 Å². The zero-order chi connectivity index (χ0) is 22.6. The molecule has 0 bridgehead atoms. The zero-order valence-electron chi connectivity index (χ0n) is 18.8. The molecule has 1 aliphatic heterocycles. The van der Waals surface area contributed by atoms with E-state index in [1.165, 1.54) is 0 Å². The monoisotopic (exact) mass is 426 g/mol. The van der Waals surface area contributed by atoms with Gasteiger partial charge in [0.15, 0.2) is 0 Å². The van der Waals surface area contributed by atoms with Crippen molar-refractivity contribution in [2.24, 2.45) is 7.05 Å². The number of rotatable bonds is 4. The number of carbonyl (C=O) groups is 1. The molecule has 5 rings (SSSR count). The Morgan fingerprint density at radius 1 is 1.16 bits per heavy atom. The lowest BCUT2D eigenvalue weighted by Gasteiger charge is -2.20. The summed E-state index contributed by atoms with van der Waals surface area (Å²) in [5, 5.41) is 16.2. The predicted molar refractivity (Wildman–Crippen MR) is 124 cm³/mol. The number of amides is 1. The van der Waals surface area contributed by atoms with E-state index in [9.17, 15) is 9.90 Å². The Morgan fingerprint density at radius 3 is 2.69 bits per heavy atom. The second-order valence-corrected chi connectivity index (χ2v) is 9.10. The molecule has 0 saturated carbocycles. The summed E-state index contributed by atoms with van der Waals surface area (Å²) in [6, 6.07) is 14.2. The number of hydrogen-bond donors (Lipinski definition) is 1. The van der Waals surface area contributed by atoms with Gasteiger partial charge in [-0.3, -0.25) is 14.5 Å². The molecule has 162 valence electrons. The van der Waals surface area contributed by atoms with Crippen LogP contribution in [0.25, 0.3) is 22.0 Å². The van der Waals surface area contributed by atoms with Crippen molar-refractivity contribution in [2.45, 2.75) is 39.5 Å². The van der Waals surface area contributed by atoms with Gasteiger partial charge < -0.3 is 10.0 Å². The molecule has 32 heavy (non-hydrogen) atoms. The normalized spacial score (nSPS) is 13.8. The SMILES string of the molecule is Cc1cc(-c2ccc(C(C)(C)O)c3nn(C)cc23)ccc1CN1Cc2cccnc2C1=O. The molecule has 0 spiro atoms. The summed E-state index contributed by atoms with van der Waals surface area (Å²) in [5.74, 6) is -0.0108. The van der Waals surface area contributed by atoms with E-state index in [1.54, 1.807) is 24.7 Å². The summed E-state index contributed by atoms with van der Waals surface area (Å²) in [6.07, 6.45) is 3.67. The molecule has 2 aromatic heterocycles. The third-order valence-electron chi connectivity index (χ3n) is 6.21. The Bertz CT molecular complexity index is 1360. The van der Waals surface area contributed by atoms with Gasteiger partial charge in [-0.05, 0) is 49.1 Å². The fourth-order valence-electron chi connectivity index (χ4n) is 4.53. The van der Waals surface area contributed by atoms with Gasteiger partial charge in [0.1, 0.15) is 5.69 Å². The highest BCUT2D eigenvalue weighted by Gasteiger charge is 2.28. The van der Waals surface area contributed by atoms with Crippen LogP contribution in [0.15, 0.2) is 54.9 Å². The van der Waals surface area contributed by atoms with Crippen molar-refractivity contribution in [3.05, 3.63) is 82.8 Å². The molecule has 0 radical (unpaired) electrons. The Balaban J connectivity index is 1.48. The van der Waals surface area contributed by atoms with Crippen LogP contribution in [0.3, 0.4) is 0 Å². The molecule has 4 aromatic rings. The van der Waals surface area contributed by atoms with Crippen LogP contribution in [0.2, 0.25) is 0 Å². The van der Waals surface area contributed by atoms with Gasteiger partial charge in [0.25, 0.3) is 5.91 Å². The second kappa shape index (κ2) is 7.28. The largest absolute Gasteiger partial charge is 0.386 e. The van der Waals surface area contributed by atoms with Gasteiger partial charge in [-0.15, -0.1) is 0 Å². The lowest BCUT2D eigenvalue weighted by atomic mass is 9.91. The Hall–Kier alpha value is -3.51. The van der Waals surface area contributed by atoms with Crippen molar-refractivity contribution < 1.29 is 9.90 Å². The highest BCUT2D eigenvalue weighted by Crippen LogP contribution is 2.35. The number of aryl methyl sites for hydroxylation is 2. The first kappa shape index (κ1) is 20.4. The maximum absolute atomic E-state index is 12.7. The van der Waals surface area contributed by atoms with E-state index in [-0.39, 0.29) is 5.91 Å². The molecule has 1 aliphatic rings. The summed E-state index contributed by atoms with van der Waals surface area (Å²) in [5.41, 5.74) is 6.60. The molecule has 0 saturated heterocycles. The number of nitrogens with zero attached hydrogens (tertiary/aromatic N) is 4. The van der Waals surface area contributed by atoms with Crippen LogP contribution in [-0.2, 0) is 25.7 Å². The molecule has 3 heterocycles. The Kier molecular flexibility index (Phi) is 4.64. The summed E-state index contributed by atoms with van der Waals surface area (Å²) in [4.78, 5) is 18.8. The molecule has 0 unspecified atom stereocenters. The fourth-order valence-corrected chi connectivity index (χ4v) is 4.53. The number of hydrogen-bond acceptors (Lipinski definition) is 4. The number of aliphatic hydroxyl groups is 1. The third kappa shape index (κ3) is 3.37. The van der Waals surface area contributed by atoms with Gasteiger partial charge in [0.05, 0.1) is 11.1 Å². The van der Waals surface area contributed by atoms with E-state index < -0.39 is 5.60 Å². The van der Waals surface area contributed by atoms with Gasteiger partial charge in [0, 0.05) is 49.0 Å². The van der Waals surface area contributed by atoms with Crippen LogP contribution in [-0.4, -0.2) is 30.7 Å². The van der Waals surface area contributed by atoms with E-state index in [2.05, 4.69) is 41.3 Å². The van der Waals surface area contributed by atoms with Crippen LogP contribution in [0.4, 0.5) is 0 Å². The molecule has 0 aliphatic carbocycles. The molecular weight excluding hydrogens is 400 g/mol. The number of pyridine rings is 1. The predicted octanol–water partition coefficient (Wildman–Crippen LogP) is 4.33. The van der Waals surface area contributed by atoms with E-state index in [1.807, 2.05) is 36.3 Å². The number of aromatic nitrogens is 3. The number of fused-ring (bicyclic) bond motifs is 2. The highest BCUT2D eigenvalue weighted by molar-refractivity contribution is 5.97. The standard InChI is InChI=1S/C26H26N4O2/c1-16-12-17(20-9-10-22(26(2,3)32)24-21(20)15-29(4)28-24)7-8-18(16)13-30-14-19-6-5-11-27-23(19)25(30)31/h5-12,15,32H,13-14H2,1-4H3. The van der Waals surface area contributed by atoms with Gasteiger partial charge in [-0.1, -0.05) is 36.4 Å². The van der Waals surface area contributed by atoms with Gasteiger partial charge >= 0.3 is 0 Å². The topological polar surface area (TPSA) is 71.2 Å². The quantitative estimate of drug-likeness (QED) is 0.527. The van der Waals surface area contributed by atoms with Crippen molar-refractivity contribution in [3.8, 4) is 11.1 Å². The second-order valence-electron chi connectivity index (χ2n) is 9.10. The average Bonchev–Trinajstić information content (AvgIpc) is 3.28. The summed E-state index contributed by atoms with van der Waals surface area (Å²) in [7, 11) is 1.90. The molecule has 6 nitrogen and oxygen atoms in total. The van der Waals surface area contributed by atoms with Crippen molar-refractivity contribution in [1.29, 1.82) is 0 Å². The van der Waals surface area contributed by atoms with Gasteiger partial charge in [-0.25, -0.2) is 0 Å². The van der Waals surface area contributed by atoms with Crippen LogP contribution >= 0.6 is 0 Å². The minimum Gasteiger partial charge on any atom is -0.386 e. The average molecular weight is 427 g/mol. The zero-order valence-corrected chi connectivity index (χ0v) is 18.8. The van der Waals surface area contributed by atoms with E-state index in [0.717, 1.165) is 44.3 Å². The third-order valence-corrected chi connectivity index (χ3v) is 6.21. The minimum absolute atomic E-state index is 0.0108. The summed E-state index contributed by atoms with van der Waals surface area (Å²) >= 11 is 0. The smallest absolute Gasteiger partial charge is 0.273 e. The van der Waals surface area contributed by atoms with Crippen molar-refractivity contribution in [2.75, 3.05) is 0 Å². The van der Waals surface area contributed by atoms with Crippen LogP contribution in [0, 0.1) is 6.92 Å². The molecule has 1 N–H and O–H groups in total. The lowest BCUT2D eigenvalue weighted by Crippen LogP contribution is -2.24.